The molecule has 0 radical (unpaired) electrons. The number of hydrogen-bond acceptors (Lipinski definition) is 3. The van der Waals surface area contributed by atoms with Crippen molar-refractivity contribution in [2.45, 2.75) is 57.2 Å². The average Bonchev–Trinajstić information content (AvgIpc) is 2.92. The Hall–Kier alpha value is -2.90. The van der Waals surface area contributed by atoms with E-state index in [9.17, 15) is 14.0 Å². The zero-order chi connectivity index (χ0) is 26.9. The Balaban J connectivity index is 1.62. The first kappa shape index (κ1) is 28.1. The number of hydrogen-bond donors (Lipinski definition) is 1. The van der Waals surface area contributed by atoms with E-state index >= 15 is 0 Å². The molecule has 1 aliphatic rings. The number of rotatable bonds is 10. The number of halogens is 3. The van der Waals surface area contributed by atoms with Gasteiger partial charge in [-0.25, -0.2) is 4.39 Å². The van der Waals surface area contributed by atoms with Crippen LogP contribution < -0.4 is 10.1 Å². The Bertz CT molecular complexity index is 1240. The van der Waals surface area contributed by atoms with Crippen LogP contribution in [0, 0.1) is 5.82 Å². The topological polar surface area (TPSA) is 58.6 Å². The smallest absolute Gasteiger partial charge is 0.261 e. The van der Waals surface area contributed by atoms with Gasteiger partial charge in [0.1, 0.15) is 17.6 Å². The van der Waals surface area contributed by atoms with E-state index in [2.05, 4.69) is 21.2 Å². The molecule has 1 N–H and O–H groups in total. The number of nitrogens with one attached hydrogen (secondary N) is 1. The van der Waals surface area contributed by atoms with Crippen LogP contribution in [0.2, 0.25) is 5.02 Å². The van der Waals surface area contributed by atoms with Gasteiger partial charge in [0.15, 0.2) is 6.61 Å². The number of nitrogens with zero attached hydrogens (tertiary/aromatic N) is 1. The van der Waals surface area contributed by atoms with Crippen LogP contribution in [-0.4, -0.2) is 35.4 Å². The van der Waals surface area contributed by atoms with Crippen molar-refractivity contribution in [3.8, 4) is 5.75 Å². The summed E-state index contributed by atoms with van der Waals surface area (Å²) in [5.74, 6) is -0.771. The fourth-order valence-electron chi connectivity index (χ4n) is 4.72. The zero-order valence-corrected chi connectivity index (χ0v) is 23.4. The third-order valence-corrected chi connectivity index (χ3v) is 7.55. The summed E-state index contributed by atoms with van der Waals surface area (Å²) in [5.41, 5.74) is 1.23. The molecule has 3 aromatic carbocycles. The first-order valence-corrected chi connectivity index (χ1v) is 14.0. The van der Waals surface area contributed by atoms with E-state index in [-0.39, 0.29) is 25.1 Å². The SMILES string of the molecule is O=C(NC1CCCCC1)[C@@H](Cc1ccccc1)N(Cc1ccccc1F)C(=O)COc1ccc(Br)cc1Cl. The van der Waals surface area contributed by atoms with Crippen LogP contribution in [0.4, 0.5) is 4.39 Å². The Morgan fingerprint density at radius 1 is 1.03 bits per heavy atom. The third kappa shape index (κ3) is 7.81. The van der Waals surface area contributed by atoms with Crippen molar-refractivity contribution in [2.75, 3.05) is 6.61 Å². The quantitative estimate of drug-likeness (QED) is 0.281. The van der Waals surface area contributed by atoms with Gasteiger partial charge >= 0.3 is 0 Å². The van der Waals surface area contributed by atoms with Gasteiger partial charge in [-0.2, -0.15) is 0 Å². The Kier molecular flexibility index (Phi) is 10.2. The maximum absolute atomic E-state index is 14.7. The maximum Gasteiger partial charge on any atom is 0.261 e. The Morgan fingerprint density at radius 2 is 1.74 bits per heavy atom. The van der Waals surface area contributed by atoms with Crippen LogP contribution >= 0.6 is 27.5 Å². The lowest BCUT2D eigenvalue weighted by Crippen LogP contribution is -2.53. The van der Waals surface area contributed by atoms with Crippen LogP contribution in [0.1, 0.15) is 43.2 Å². The van der Waals surface area contributed by atoms with Crippen molar-refractivity contribution in [2.24, 2.45) is 0 Å². The van der Waals surface area contributed by atoms with E-state index in [1.807, 2.05) is 30.3 Å². The number of benzene rings is 3. The van der Waals surface area contributed by atoms with Crippen molar-refractivity contribution in [1.82, 2.24) is 10.2 Å². The van der Waals surface area contributed by atoms with Gasteiger partial charge in [0.05, 0.1) is 5.02 Å². The van der Waals surface area contributed by atoms with E-state index in [0.717, 1.165) is 42.1 Å². The minimum atomic E-state index is -0.851. The molecular formula is C30H31BrClFN2O3. The molecule has 38 heavy (non-hydrogen) atoms. The summed E-state index contributed by atoms with van der Waals surface area (Å²) < 4.78 is 21.3. The van der Waals surface area contributed by atoms with E-state index in [1.54, 1.807) is 36.4 Å². The largest absolute Gasteiger partial charge is 0.482 e. The fourth-order valence-corrected chi connectivity index (χ4v) is 5.45. The molecule has 0 heterocycles. The molecule has 0 saturated heterocycles. The second kappa shape index (κ2) is 13.8. The number of carbonyl (C=O) groups is 2. The highest BCUT2D eigenvalue weighted by molar-refractivity contribution is 9.10. The van der Waals surface area contributed by atoms with Gasteiger partial charge in [0.25, 0.3) is 5.91 Å². The monoisotopic (exact) mass is 600 g/mol. The standard InChI is InChI=1S/C30H31BrClFN2O3/c31-23-15-16-28(25(32)18-23)38-20-29(36)35(19-22-11-7-8-14-26(22)33)27(17-21-9-3-1-4-10-21)30(37)34-24-12-5-2-6-13-24/h1,3-4,7-11,14-16,18,24,27H,2,5-6,12-13,17,19-20H2,(H,34,37)/t27-/m1/s1. The highest BCUT2D eigenvalue weighted by Crippen LogP contribution is 2.28. The van der Waals surface area contributed by atoms with Crippen molar-refractivity contribution in [1.29, 1.82) is 0 Å². The van der Waals surface area contributed by atoms with Gasteiger partial charge in [-0.3, -0.25) is 9.59 Å². The summed E-state index contributed by atoms with van der Waals surface area (Å²) in [6.45, 7) is -0.420. The van der Waals surface area contributed by atoms with Crippen LogP contribution in [0.15, 0.2) is 77.3 Å². The number of ether oxygens (including phenoxy) is 1. The Morgan fingerprint density at radius 3 is 2.45 bits per heavy atom. The van der Waals surface area contributed by atoms with E-state index in [1.165, 1.54) is 11.0 Å². The van der Waals surface area contributed by atoms with Crippen LogP contribution in [0.5, 0.6) is 5.75 Å². The summed E-state index contributed by atoms with van der Waals surface area (Å²) in [7, 11) is 0. The molecule has 1 fully saturated rings. The normalized spacial score (nSPS) is 14.5. The minimum absolute atomic E-state index is 0.0674. The predicted octanol–water partition coefficient (Wildman–Crippen LogP) is 6.71. The summed E-state index contributed by atoms with van der Waals surface area (Å²) in [6, 6.07) is 20.1. The van der Waals surface area contributed by atoms with E-state index in [4.69, 9.17) is 16.3 Å². The van der Waals surface area contributed by atoms with E-state index in [0.29, 0.717) is 22.8 Å². The van der Waals surface area contributed by atoms with Gasteiger partial charge < -0.3 is 15.0 Å². The summed E-state index contributed by atoms with van der Waals surface area (Å²) in [6.07, 6.45) is 5.40. The van der Waals surface area contributed by atoms with Crippen molar-refractivity contribution in [3.63, 3.8) is 0 Å². The van der Waals surface area contributed by atoms with Crippen molar-refractivity contribution in [3.05, 3.63) is 99.2 Å². The first-order chi connectivity index (χ1) is 18.4. The lowest BCUT2D eigenvalue weighted by atomic mass is 9.94. The molecule has 1 aliphatic carbocycles. The summed E-state index contributed by atoms with van der Waals surface area (Å²) >= 11 is 9.63. The second-order valence-corrected chi connectivity index (χ2v) is 10.8. The van der Waals surface area contributed by atoms with Gasteiger partial charge in [-0.1, -0.05) is 95.3 Å². The molecule has 0 spiro atoms. The fraction of sp³-hybridized carbons (Fsp3) is 0.333. The predicted molar refractivity (Wildman–Crippen MR) is 151 cm³/mol. The molecule has 0 aliphatic heterocycles. The third-order valence-electron chi connectivity index (χ3n) is 6.77. The summed E-state index contributed by atoms with van der Waals surface area (Å²) in [5, 5.41) is 3.52. The molecule has 8 heteroatoms. The summed E-state index contributed by atoms with van der Waals surface area (Å²) in [4.78, 5) is 28.8. The van der Waals surface area contributed by atoms with Gasteiger partial charge in [0, 0.05) is 29.0 Å². The molecule has 4 rings (SSSR count). The van der Waals surface area contributed by atoms with Crippen LogP contribution in [0.3, 0.4) is 0 Å². The van der Waals surface area contributed by atoms with Crippen molar-refractivity contribution < 1.29 is 18.7 Å². The molecule has 5 nitrogen and oxygen atoms in total. The average molecular weight is 602 g/mol. The Labute approximate surface area is 236 Å². The molecule has 0 unspecified atom stereocenters. The molecule has 2 amide bonds. The lowest BCUT2D eigenvalue weighted by Gasteiger charge is -2.33. The number of carbonyl (C=O) groups excluding carboxylic acids is 2. The van der Waals surface area contributed by atoms with Gasteiger partial charge in [0.2, 0.25) is 5.91 Å². The minimum Gasteiger partial charge on any atom is -0.482 e. The maximum atomic E-state index is 14.7. The van der Waals surface area contributed by atoms with Crippen molar-refractivity contribution >= 4 is 39.3 Å². The molecule has 3 aromatic rings. The highest BCUT2D eigenvalue weighted by Gasteiger charge is 2.32. The molecular weight excluding hydrogens is 571 g/mol. The molecule has 0 aromatic heterocycles. The molecule has 1 atom stereocenters. The van der Waals surface area contributed by atoms with Gasteiger partial charge in [-0.05, 0) is 42.7 Å². The second-order valence-electron chi connectivity index (χ2n) is 9.53. The number of amides is 2. The van der Waals surface area contributed by atoms with Crippen LogP contribution in [0.25, 0.3) is 0 Å². The van der Waals surface area contributed by atoms with E-state index < -0.39 is 17.8 Å². The molecule has 1 saturated carbocycles. The molecule has 200 valence electrons. The zero-order valence-electron chi connectivity index (χ0n) is 21.0. The lowest BCUT2D eigenvalue weighted by molar-refractivity contribution is -0.143. The van der Waals surface area contributed by atoms with Gasteiger partial charge in [-0.15, -0.1) is 0 Å². The van der Waals surface area contributed by atoms with Crippen LogP contribution in [-0.2, 0) is 22.6 Å². The first-order valence-electron chi connectivity index (χ1n) is 12.9. The molecule has 0 bridgehead atoms. The highest BCUT2D eigenvalue weighted by atomic mass is 79.9.